The summed E-state index contributed by atoms with van der Waals surface area (Å²) in [7, 11) is 0. The first-order valence-electron chi connectivity index (χ1n) is 5.09. The highest BCUT2D eigenvalue weighted by atomic mass is 16.1. The quantitative estimate of drug-likeness (QED) is 0.660. The van der Waals surface area contributed by atoms with Gasteiger partial charge in [-0.15, -0.1) is 0 Å². The summed E-state index contributed by atoms with van der Waals surface area (Å²) in [5.74, 6) is 0.895. The van der Waals surface area contributed by atoms with E-state index >= 15 is 0 Å². The van der Waals surface area contributed by atoms with E-state index in [4.69, 9.17) is 0 Å². The van der Waals surface area contributed by atoms with E-state index in [2.05, 4.69) is 5.32 Å². The van der Waals surface area contributed by atoms with E-state index in [1.165, 1.54) is 25.7 Å². The third kappa shape index (κ3) is 1.93. The van der Waals surface area contributed by atoms with Gasteiger partial charge in [0.05, 0.1) is 0 Å². The molecule has 0 spiro atoms. The minimum Gasteiger partial charge on any atom is -0.347 e. The molecule has 2 aliphatic rings. The largest absolute Gasteiger partial charge is 0.347 e. The second kappa shape index (κ2) is 2.86. The number of hydrogen-bond acceptors (Lipinski definition) is 1. The van der Waals surface area contributed by atoms with Gasteiger partial charge in [0.1, 0.15) is 0 Å². The van der Waals surface area contributed by atoms with E-state index in [9.17, 15) is 4.79 Å². The zero-order valence-electron chi connectivity index (χ0n) is 8.39. The average molecular weight is 179 g/mol. The van der Waals surface area contributed by atoms with Crippen molar-refractivity contribution < 1.29 is 4.79 Å². The fourth-order valence-electron chi connectivity index (χ4n) is 1.95. The lowest BCUT2D eigenvalue weighted by atomic mass is 10.1. The molecular weight excluding hydrogens is 162 g/mol. The number of carbonyl (C=O) groups excluding carboxylic acids is 1. The molecule has 2 rings (SSSR count). The van der Waals surface area contributed by atoms with Gasteiger partial charge in [0.25, 0.3) is 0 Å². The maximum absolute atomic E-state index is 11.5. The summed E-state index contributed by atoms with van der Waals surface area (Å²) in [5.41, 5.74) is 1.30. The van der Waals surface area contributed by atoms with Crippen molar-refractivity contribution >= 4 is 5.91 Å². The van der Waals surface area contributed by atoms with Crippen LogP contribution >= 0.6 is 0 Å². The molecule has 0 saturated heterocycles. The molecule has 0 radical (unpaired) electrons. The van der Waals surface area contributed by atoms with Crippen LogP contribution in [0.15, 0.2) is 11.6 Å². The molecule has 72 valence electrons. The fourth-order valence-corrected chi connectivity index (χ4v) is 1.95. The van der Waals surface area contributed by atoms with Crippen LogP contribution in [0, 0.1) is 5.92 Å². The third-order valence-corrected chi connectivity index (χ3v) is 2.94. The van der Waals surface area contributed by atoms with Gasteiger partial charge in [-0.05, 0) is 45.4 Å². The van der Waals surface area contributed by atoms with Crippen LogP contribution in [-0.4, -0.2) is 11.4 Å². The molecule has 2 saturated carbocycles. The third-order valence-electron chi connectivity index (χ3n) is 2.94. The minimum absolute atomic E-state index is 0.101. The van der Waals surface area contributed by atoms with Crippen LogP contribution < -0.4 is 5.32 Å². The molecule has 0 unspecified atom stereocenters. The number of hydrogen-bond donors (Lipinski definition) is 1. The summed E-state index contributed by atoms with van der Waals surface area (Å²) in [6, 6.07) is 0. The Bertz CT molecular complexity index is 255. The van der Waals surface area contributed by atoms with Crippen LogP contribution in [0.4, 0.5) is 0 Å². The molecule has 2 nitrogen and oxygen atoms in total. The lowest BCUT2D eigenvalue weighted by molar-refractivity contribution is -0.117. The minimum atomic E-state index is 0.101. The van der Waals surface area contributed by atoms with Gasteiger partial charge >= 0.3 is 0 Å². The highest BCUT2D eigenvalue weighted by molar-refractivity contribution is 5.89. The van der Waals surface area contributed by atoms with Crippen molar-refractivity contribution in [3.63, 3.8) is 0 Å². The predicted molar refractivity (Wildman–Crippen MR) is 52.3 cm³/mol. The molecule has 1 N–H and O–H groups in total. The zero-order chi connectivity index (χ0) is 9.47. The first kappa shape index (κ1) is 8.79. The molecule has 0 heterocycles. The van der Waals surface area contributed by atoms with Crippen molar-refractivity contribution in [1.82, 2.24) is 5.32 Å². The van der Waals surface area contributed by atoms with Crippen LogP contribution in [0.25, 0.3) is 0 Å². The van der Waals surface area contributed by atoms with Crippen molar-refractivity contribution in [1.29, 1.82) is 0 Å². The van der Waals surface area contributed by atoms with Gasteiger partial charge < -0.3 is 5.32 Å². The van der Waals surface area contributed by atoms with Gasteiger partial charge in [-0.3, -0.25) is 4.79 Å². The van der Waals surface area contributed by atoms with E-state index < -0.39 is 0 Å². The van der Waals surface area contributed by atoms with Gasteiger partial charge in [0, 0.05) is 11.6 Å². The number of nitrogens with one attached hydrogen (secondary N) is 1. The van der Waals surface area contributed by atoms with Crippen molar-refractivity contribution in [2.45, 2.75) is 45.1 Å². The van der Waals surface area contributed by atoms with Gasteiger partial charge in [-0.2, -0.15) is 0 Å². The molecule has 0 bridgehead atoms. The predicted octanol–water partition coefficient (Wildman–Crippen LogP) is 2.01. The number of amides is 1. The average Bonchev–Trinajstić information content (AvgIpc) is 2.78. The molecule has 2 heteroatoms. The van der Waals surface area contributed by atoms with E-state index in [0.29, 0.717) is 0 Å². The molecule has 0 aromatic heterocycles. The van der Waals surface area contributed by atoms with Gasteiger partial charge in [0.15, 0.2) is 0 Å². The van der Waals surface area contributed by atoms with Crippen molar-refractivity contribution in [2.75, 3.05) is 0 Å². The van der Waals surface area contributed by atoms with Gasteiger partial charge in [-0.25, -0.2) is 0 Å². The summed E-state index contributed by atoms with van der Waals surface area (Å²) in [4.78, 5) is 11.5. The number of rotatable bonds is 3. The number of carbonyl (C=O) groups is 1. The van der Waals surface area contributed by atoms with Gasteiger partial charge in [-0.1, -0.05) is 5.57 Å². The highest BCUT2D eigenvalue weighted by Crippen LogP contribution is 2.53. The Labute approximate surface area is 79.4 Å². The Balaban J connectivity index is 1.90. The Kier molecular flexibility index (Phi) is 1.94. The van der Waals surface area contributed by atoms with Crippen LogP contribution in [0.5, 0.6) is 0 Å². The first-order valence-corrected chi connectivity index (χ1v) is 5.09. The zero-order valence-corrected chi connectivity index (χ0v) is 8.39. The molecule has 1 amide bonds. The van der Waals surface area contributed by atoms with Crippen LogP contribution in [-0.2, 0) is 4.79 Å². The maximum Gasteiger partial charge on any atom is 0.244 e. The summed E-state index contributed by atoms with van der Waals surface area (Å²) >= 11 is 0. The first-order chi connectivity index (χ1) is 6.12. The van der Waals surface area contributed by atoms with Crippen LogP contribution in [0.2, 0.25) is 0 Å². The highest BCUT2D eigenvalue weighted by Gasteiger charge is 2.54. The molecule has 0 aromatic carbocycles. The lowest BCUT2D eigenvalue weighted by Gasteiger charge is -2.14. The smallest absolute Gasteiger partial charge is 0.244 e. The molecule has 0 aliphatic heterocycles. The molecule has 0 aromatic rings. The topological polar surface area (TPSA) is 29.1 Å². The normalized spacial score (nSPS) is 23.5. The molecule has 2 aliphatic carbocycles. The van der Waals surface area contributed by atoms with Gasteiger partial charge in [0.2, 0.25) is 5.91 Å². The standard InChI is InChI=1S/C11H17NO/c1-8(2)7-10(13)12-11(5-6-11)9-3-4-9/h7,9H,3-6H2,1-2H3,(H,12,13). The van der Waals surface area contributed by atoms with E-state index in [1.54, 1.807) is 6.08 Å². The summed E-state index contributed by atoms with van der Waals surface area (Å²) < 4.78 is 0. The monoisotopic (exact) mass is 179 g/mol. The second-order valence-corrected chi connectivity index (χ2v) is 4.64. The SMILES string of the molecule is CC(C)=CC(=O)NC1(C2CC2)CC1. The Morgan fingerprint density at radius 3 is 2.38 bits per heavy atom. The van der Waals surface area contributed by atoms with Crippen LogP contribution in [0.3, 0.4) is 0 Å². The van der Waals surface area contributed by atoms with Crippen molar-refractivity contribution in [3.05, 3.63) is 11.6 Å². The molecular formula is C11H17NO. The Morgan fingerprint density at radius 2 is 2.00 bits per heavy atom. The second-order valence-electron chi connectivity index (χ2n) is 4.64. The van der Waals surface area contributed by atoms with E-state index in [-0.39, 0.29) is 11.4 Å². The van der Waals surface area contributed by atoms with Crippen LogP contribution in [0.1, 0.15) is 39.5 Å². The van der Waals surface area contributed by atoms with E-state index in [1.807, 2.05) is 13.8 Å². The molecule has 0 atom stereocenters. The summed E-state index contributed by atoms with van der Waals surface area (Å²) in [6.45, 7) is 3.91. The Morgan fingerprint density at radius 1 is 1.38 bits per heavy atom. The molecule has 13 heavy (non-hydrogen) atoms. The molecule has 2 fully saturated rings. The van der Waals surface area contributed by atoms with Crippen molar-refractivity contribution in [2.24, 2.45) is 5.92 Å². The fraction of sp³-hybridized carbons (Fsp3) is 0.727. The lowest BCUT2D eigenvalue weighted by Crippen LogP contribution is -2.37. The summed E-state index contributed by atoms with van der Waals surface area (Å²) in [6.07, 6.45) is 6.71. The number of allylic oxidation sites excluding steroid dienone is 1. The van der Waals surface area contributed by atoms with E-state index in [0.717, 1.165) is 11.5 Å². The van der Waals surface area contributed by atoms with Crippen molar-refractivity contribution in [3.8, 4) is 0 Å². The Hall–Kier alpha value is -0.790. The maximum atomic E-state index is 11.5. The summed E-state index contributed by atoms with van der Waals surface area (Å²) in [5, 5.41) is 3.15.